The van der Waals surface area contributed by atoms with Gasteiger partial charge in [0.2, 0.25) is 0 Å². The Balaban J connectivity index is 1.33. The Labute approximate surface area is 196 Å². The first-order chi connectivity index (χ1) is 16.1. The van der Waals surface area contributed by atoms with Crippen molar-refractivity contribution in [2.45, 2.75) is 70.2 Å². The quantitative estimate of drug-likeness (QED) is 0.557. The lowest BCUT2D eigenvalue weighted by Gasteiger charge is -2.34. The van der Waals surface area contributed by atoms with Crippen LogP contribution in [0.3, 0.4) is 0 Å². The van der Waals surface area contributed by atoms with Crippen LogP contribution in [0, 0.1) is 5.82 Å². The van der Waals surface area contributed by atoms with Crippen molar-refractivity contribution in [3.63, 3.8) is 0 Å². The van der Waals surface area contributed by atoms with E-state index in [4.69, 9.17) is 4.74 Å². The van der Waals surface area contributed by atoms with Crippen LogP contribution in [0.1, 0.15) is 56.1 Å². The SMILES string of the molecule is CN1CCCCC1CCN(Cc1ccc(F)cc1)C(=O)NCc1ccc(OC2CCC2)cc1. The van der Waals surface area contributed by atoms with E-state index in [-0.39, 0.29) is 11.8 Å². The van der Waals surface area contributed by atoms with Crippen LogP contribution in [0.25, 0.3) is 0 Å². The van der Waals surface area contributed by atoms with Gasteiger partial charge in [0.25, 0.3) is 0 Å². The largest absolute Gasteiger partial charge is 0.490 e. The molecule has 2 fully saturated rings. The molecule has 1 saturated carbocycles. The van der Waals surface area contributed by atoms with E-state index < -0.39 is 0 Å². The van der Waals surface area contributed by atoms with Crippen LogP contribution in [0.4, 0.5) is 9.18 Å². The van der Waals surface area contributed by atoms with E-state index in [1.54, 1.807) is 12.1 Å². The number of carbonyl (C=O) groups is 1. The summed E-state index contributed by atoms with van der Waals surface area (Å²) in [7, 11) is 2.17. The molecule has 5 nitrogen and oxygen atoms in total. The molecule has 1 atom stereocenters. The van der Waals surface area contributed by atoms with E-state index in [0.717, 1.165) is 42.7 Å². The Kier molecular flexibility index (Phi) is 8.21. The van der Waals surface area contributed by atoms with Crippen LogP contribution in [-0.2, 0) is 13.1 Å². The standard InChI is InChI=1S/C27H36FN3O2/c1-30-17-3-2-5-24(30)16-18-31(20-22-8-12-23(28)13-9-22)27(32)29-19-21-10-14-26(15-11-21)33-25-6-4-7-25/h8-15,24-25H,2-7,16-20H2,1H3,(H,29,32). The number of benzene rings is 2. The molecule has 0 radical (unpaired) electrons. The molecule has 2 aromatic rings. The Morgan fingerprint density at radius 1 is 1.03 bits per heavy atom. The third-order valence-electron chi connectivity index (χ3n) is 6.95. The maximum atomic E-state index is 13.3. The molecule has 1 heterocycles. The first kappa shape index (κ1) is 23.6. The average molecular weight is 454 g/mol. The monoisotopic (exact) mass is 453 g/mol. The molecule has 1 saturated heterocycles. The van der Waals surface area contributed by atoms with E-state index in [1.165, 1.54) is 37.8 Å². The summed E-state index contributed by atoms with van der Waals surface area (Å²) >= 11 is 0. The van der Waals surface area contributed by atoms with Crippen LogP contribution in [0.2, 0.25) is 0 Å². The first-order valence-electron chi connectivity index (χ1n) is 12.3. The molecule has 1 aliphatic carbocycles. The van der Waals surface area contributed by atoms with E-state index >= 15 is 0 Å². The van der Waals surface area contributed by atoms with E-state index in [9.17, 15) is 9.18 Å². The van der Waals surface area contributed by atoms with Crippen molar-refractivity contribution in [1.82, 2.24) is 15.1 Å². The number of nitrogens with one attached hydrogen (secondary N) is 1. The zero-order valence-electron chi connectivity index (χ0n) is 19.6. The van der Waals surface area contributed by atoms with Crippen molar-refractivity contribution in [3.05, 3.63) is 65.5 Å². The van der Waals surface area contributed by atoms with Crippen molar-refractivity contribution in [1.29, 1.82) is 0 Å². The summed E-state index contributed by atoms with van der Waals surface area (Å²) in [5, 5.41) is 3.07. The number of urea groups is 1. The number of ether oxygens (including phenoxy) is 1. The fourth-order valence-corrected chi connectivity index (χ4v) is 4.53. The van der Waals surface area contributed by atoms with Gasteiger partial charge < -0.3 is 19.9 Å². The Bertz CT molecular complexity index is 883. The molecule has 0 spiro atoms. The van der Waals surface area contributed by atoms with Crippen molar-refractivity contribution in [3.8, 4) is 5.75 Å². The highest BCUT2D eigenvalue weighted by atomic mass is 19.1. The molecular formula is C27H36FN3O2. The lowest BCUT2D eigenvalue weighted by atomic mass is 9.96. The van der Waals surface area contributed by atoms with Gasteiger partial charge in [-0.2, -0.15) is 0 Å². The van der Waals surface area contributed by atoms with Gasteiger partial charge in [-0.15, -0.1) is 0 Å². The highest BCUT2D eigenvalue weighted by Gasteiger charge is 2.22. The van der Waals surface area contributed by atoms with Crippen molar-refractivity contribution < 1.29 is 13.9 Å². The number of halogens is 1. The molecule has 0 bridgehead atoms. The fraction of sp³-hybridized carbons (Fsp3) is 0.519. The van der Waals surface area contributed by atoms with Crippen LogP contribution in [0.5, 0.6) is 5.75 Å². The highest BCUT2D eigenvalue weighted by Crippen LogP contribution is 2.25. The minimum atomic E-state index is -0.261. The molecule has 33 heavy (non-hydrogen) atoms. The molecule has 2 amide bonds. The Hall–Kier alpha value is -2.60. The van der Waals surface area contributed by atoms with Crippen LogP contribution in [-0.4, -0.2) is 48.1 Å². The zero-order chi connectivity index (χ0) is 23.0. The minimum Gasteiger partial charge on any atom is -0.490 e. The number of hydrogen-bond acceptors (Lipinski definition) is 3. The minimum absolute atomic E-state index is 0.0902. The number of piperidine rings is 1. The molecule has 6 heteroatoms. The number of rotatable bonds is 9. The van der Waals surface area contributed by atoms with Gasteiger partial charge in [-0.1, -0.05) is 30.7 Å². The molecule has 2 aromatic carbocycles. The van der Waals surface area contributed by atoms with Gasteiger partial charge in [-0.25, -0.2) is 9.18 Å². The lowest BCUT2D eigenvalue weighted by molar-refractivity contribution is 0.120. The van der Waals surface area contributed by atoms with Gasteiger partial charge in [0, 0.05) is 25.7 Å². The lowest BCUT2D eigenvalue weighted by Crippen LogP contribution is -2.43. The average Bonchev–Trinajstić information content (AvgIpc) is 2.80. The number of carbonyl (C=O) groups excluding carboxylic acids is 1. The van der Waals surface area contributed by atoms with Gasteiger partial charge in [-0.05, 0) is 87.5 Å². The summed E-state index contributed by atoms with van der Waals surface area (Å²) in [4.78, 5) is 17.4. The molecule has 4 rings (SSSR count). The number of nitrogens with zero attached hydrogens (tertiary/aromatic N) is 2. The number of amides is 2. The summed E-state index contributed by atoms with van der Waals surface area (Å²) in [5.74, 6) is 0.632. The maximum absolute atomic E-state index is 13.3. The summed E-state index contributed by atoms with van der Waals surface area (Å²) < 4.78 is 19.3. The summed E-state index contributed by atoms with van der Waals surface area (Å²) in [5.41, 5.74) is 1.97. The van der Waals surface area contributed by atoms with E-state index in [1.807, 2.05) is 29.2 Å². The normalized spacial score (nSPS) is 19.0. The van der Waals surface area contributed by atoms with E-state index in [2.05, 4.69) is 17.3 Å². The van der Waals surface area contributed by atoms with Crippen molar-refractivity contribution in [2.24, 2.45) is 0 Å². The van der Waals surface area contributed by atoms with Crippen LogP contribution < -0.4 is 10.1 Å². The van der Waals surface area contributed by atoms with Crippen LogP contribution in [0.15, 0.2) is 48.5 Å². The van der Waals surface area contributed by atoms with Gasteiger partial charge in [0.1, 0.15) is 11.6 Å². The number of likely N-dealkylation sites (tertiary alicyclic amines) is 1. The van der Waals surface area contributed by atoms with E-state index in [0.29, 0.717) is 31.8 Å². The molecule has 2 aliphatic rings. The third kappa shape index (κ3) is 6.94. The summed E-state index contributed by atoms with van der Waals surface area (Å²) in [6, 6.07) is 14.8. The predicted molar refractivity (Wildman–Crippen MR) is 129 cm³/mol. The first-order valence-corrected chi connectivity index (χ1v) is 12.3. The second-order valence-electron chi connectivity index (χ2n) is 9.44. The smallest absolute Gasteiger partial charge is 0.317 e. The molecule has 1 N–H and O–H groups in total. The fourth-order valence-electron chi connectivity index (χ4n) is 4.53. The third-order valence-corrected chi connectivity index (χ3v) is 6.95. The molecule has 0 aromatic heterocycles. The van der Waals surface area contributed by atoms with Gasteiger partial charge in [0.15, 0.2) is 0 Å². The predicted octanol–water partition coefficient (Wildman–Crippen LogP) is 5.34. The van der Waals surface area contributed by atoms with Gasteiger partial charge in [0.05, 0.1) is 6.10 Å². The zero-order valence-corrected chi connectivity index (χ0v) is 19.6. The summed E-state index contributed by atoms with van der Waals surface area (Å²) in [6.07, 6.45) is 8.50. The number of hydrogen-bond donors (Lipinski definition) is 1. The Morgan fingerprint density at radius 3 is 2.42 bits per heavy atom. The molecular weight excluding hydrogens is 417 g/mol. The second-order valence-corrected chi connectivity index (χ2v) is 9.44. The topological polar surface area (TPSA) is 44.8 Å². The maximum Gasteiger partial charge on any atom is 0.317 e. The van der Waals surface area contributed by atoms with Gasteiger partial charge in [-0.3, -0.25) is 0 Å². The molecule has 178 valence electrons. The van der Waals surface area contributed by atoms with Gasteiger partial charge >= 0.3 is 6.03 Å². The Morgan fingerprint density at radius 2 is 1.76 bits per heavy atom. The van der Waals surface area contributed by atoms with Crippen molar-refractivity contribution >= 4 is 6.03 Å². The highest BCUT2D eigenvalue weighted by molar-refractivity contribution is 5.74. The van der Waals surface area contributed by atoms with Crippen LogP contribution >= 0.6 is 0 Å². The van der Waals surface area contributed by atoms with Crippen molar-refractivity contribution in [2.75, 3.05) is 20.1 Å². The summed E-state index contributed by atoms with van der Waals surface area (Å²) in [6.45, 7) is 2.73. The molecule has 1 unspecified atom stereocenters. The second kappa shape index (κ2) is 11.5. The molecule has 1 aliphatic heterocycles.